The topological polar surface area (TPSA) is 71.2 Å². The van der Waals surface area contributed by atoms with Crippen LogP contribution in [0.1, 0.15) is 231 Å². The van der Waals surface area contributed by atoms with Crippen LogP contribution in [0.15, 0.2) is 0 Å². The van der Waals surface area contributed by atoms with Crippen LogP contribution in [0.2, 0.25) is 0 Å². The molecule has 12 rings (SSSR count). The van der Waals surface area contributed by atoms with E-state index in [4.69, 9.17) is 0 Å². The number of fused-ring (bicyclic) bond motifs is 6. The van der Waals surface area contributed by atoms with Crippen molar-refractivity contribution in [3.63, 3.8) is 0 Å². The Labute approximate surface area is 410 Å². The molecule has 4 aliphatic heterocycles. The van der Waals surface area contributed by atoms with Crippen LogP contribution in [-0.2, 0) is 9.84 Å². The van der Waals surface area contributed by atoms with E-state index in [1.807, 2.05) is 0 Å². The van der Waals surface area contributed by atoms with Crippen molar-refractivity contribution in [2.45, 2.75) is 314 Å². The van der Waals surface area contributed by atoms with Crippen LogP contribution >= 0.6 is 0 Å². The first-order valence-electron chi connectivity index (χ1n) is 30.7. The lowest BCUT2D eigenvalue weighted by Gasteiger charge is -2.50. The average molecular weight is 946 g/mol. The minimum atomic E-state index is -3.12. The smallest absolute Gasteiger partial charge is 0.156 e. The van der Waals surface area contributed by atoms with Crippen molar-refractivity contribution in [2.75, 3.05) is 26.2 Å². The van der Waals surface area contributed by atoms with Crippen molar-refractivity contribution in [3.05, 3.63) is 0 Å². The van der Waals surface area contributed by atoms with Gasteiger partial charge in [-0.1, -0.05) is 77.0 Å². The second kappa shape index (κ2) is 21.3. The number of piperidine rings is 2. The number of sulfone groups is 1. The molecular weight excluding hydrogens is 845 g/mol. The molecule has 0 aromatic carbocycles. The quantitative estimate of drug-likeness (QED) is 0.225. The molecular formula is C58H100N6O2S. The van der Waals surface area contributed by atoms with Crippen LogP contribution in [0.4, 0.5) is 0 Å². The van der Waals surface area contributed by atoms with Gasteiger partial charge in [0.05, 0.1) is 10.5 Å². The lowest BCUT2D eigenvalue weighted by atomic mass is 9.73. The monoisotopic (exact) mass is 945 g/mol. The molecule has 10 atom stereocenters. The number of rotatable bonds is 10. The van der Waals surface area contributed by atoms with Crippen molar-refractivity contribution in [2.24, 2.45) is 23.7 Å². The van der Waals surface area contributed by atoms with Gasteiger partial charge in [-0.2, -0.15) is 0 Å². The van der Waals surface area contributed by atoms with Gasteiger partial charge in [-0.15, -0.1) is 0 Å². The summed E-state index contributed by atoms with van der Waals surface area (Å²) in [6.07, 6.45) is 48.2. The molecule has 0 aromatic heterocycles. The summed E-state index contributed by atoms with van der Waals surface area (Å²) >= 11 is 0. The van der Waals surface area contributed by atoms with Gasteiger partial charge in [0.25, 0.3) is 0 Å². The molecule has 12 aliphatic rings. The zero-order chi connectivity index (χ0) is 44.9. The van der Waals surface area contributed by atoms with Crippen LogP contribution in [0, 0.1) is 23.7 Å². The predicted octanol–water partition coefficient (Wildman–Crippen LogP) is 10.6. The second-order valence-corrected chi connectivity index (χ2v) is 28.8. The van der Waals surface area contributed by atoms with Gasteiger partial charge in [0.15, 0.2) is 9.84 Å². The highest BCUT2D eigenvalue weighted by atomic mass is 32.2. The fourth-order valence-corrected chi connectivity index (χ4v) is 22.8. The Morgan fingerprint density at radius 2 is 0.657 bits per heavy atom. The summed E-state index contributed by atoms with van der Waals surface area (Å²) < 4.78 is 29.6. The zero-order valence-electron chi connectivity index (χ0n) is 42.7. The first-order chi connectivity index (χ1) is 33.0. The molecule has 0 spiro atoms. The summed E-state index contributed by atoms with van der Waals surface area (Å²) in [7, 11) is -3.12. The Morgan fingerprint density at radius 3 is 1.00 bits per heavy atom. The van der Waals surface area contributed by atoms with Gasteiger partial charge in [-0.25, -0.2) is 8.42 Å². The molecule has 8 saturated carbocycles. The summed E-state index contributed by atoms with van der Waals surface area (Å²) in [5.41, 5.74) is 0. The minimum Gasteiger partial charge on any atom is -0.316 e. The maximum Gasteiger partial charge on any atom is 0.156 e. The SMILES string of the molecule is O=S(=O)(C1CCC(N2C3CCNCC3C3CC(N(C4CCCCC4)C4CCCCC4)CCC32)CC1)C1CCC(N2C3CCNCC3C3CC(N(C4CCCCC4)C4CCCCC4)CCC32)CC1. The zero-order valence-corrected chi connectivity index (χ0v) is 43.5. The molecule has 0 radical (unpaired) electrons. The van der Waals surface area contributed by atoms with Crippen molar-refractivity contribution in [3.8, 4) is 0 Å². The summed E-state index contributed by atoms with van der Waals surface area (Å²) in [4.78, 5) is 12.6. The summed E-state index contributed by atoms with van der Waals surface area (Å²) in [5.74, 6) is 3.22. The van der Waals surface area contributed by atoms with Crippen molar-refractivity contribution < 1.29 is 8.42 Å². The van der Waals surface area contributed by atoms with Gasteiger partial charge in [-0.3, -0.25) is 19.6 Å². The van der Waals surface area contributed by atoms with Gasteiger partial charge in [0, 0.05) is 72.5 Å². The molecule has 4 saturated heterocycles. The third-order valence-electron chi connectivity index (χ3n) is 23.2. The highest BCUT2D eigenvalue weighted by Crippen LogP contribution is 2.53. The molecule has 0 amide bonds. The standard InChI is InChI=1S/C58H100N6O2S/c65-67(66,49-27-21-45(22-28-49)63-55-31-25-47(37-51(55)53-39-59-35-33-57(53)63)61(41-13-5-1-6-14-41)42-15-7-2-8-16-42)50-29-23-46(24-30-50)64-56-32-26-48(38-52(56)54-40-60-36-34-58(54)64)62(43-17-9-3-10-18-43)44-19-11-4-12-20-44/h41-60H,1-40H2. The second-order valence-electron chi connectivity index (χ2n) is 26.3. The molecule has 8 aliphatic carbocycles. The maximum atomic E-state index is 14.8. The first-order valence-corrected chi connectivity index (χ1v) is 32.4. The summed E-state index contributed by atoms with van der Waals surface area (Å²) in [6.45, 7) is 4.76. The third-order valence-corrected chi connectivity index (χ3v) is 26.0. The Hall–Kier alpha value is -0.290. The van der Waals surface area contributed by atoms with Crippen molar-refractivity contribution >= 4 is 9.84 Å². The average Bonchev–Trinajstić information content (AvgIpc) is 3.90. The molecule has 0 aromatic rings. The number of nitrogens with one attached hydrogen (secondary N) is 2. The fourth-order valence-electron chi connectivity index (χ4n) is 20.4. The molecule has 8 nitrogen and oxygen atoms in total. The largest absolute Gasteiger partial charge is 0.316 e. The van der Waals surface area contributed by atoms with Crippen LogP contribution < -0.4 is 10.6 Å². The third kappa shape index (κ3) is 9.48. The van der Waals surface area contributed by atoms with E-state index in [0.717, 1.165) is 123 Å². The first kappa shape index (κ1) is 47.7. The number of hydrogen-bond acceptors (Lipinski definition) is 8. The minimum absolute atomic E-state index is 0.0979. The van der Waals surface area contributed by atoms with Crippen LogP contribution in [-0.4, -0.2) is 137 Å². The normalized spacial score (nSPS) is 44.0. The Morgan fingerprint density at radius 1 is 0.328 bits per heavy atom. The molecule has 10 unspecified atom stereocenters. The summed E-state index contributed by atoms with van der Waals surface area (Å²) in [6, 6.07) is 9.05. The molecule has 4 heterocycles. The van der Waals surface area contributed by atoms with Gasteiger partial charge in [0.2, 0.25) is 0 Å². The van der Waals surface area contributed by atoms with E-state index in [-0.39, 0.29) is 10.5 Å². The van der Waals surface area contributed by atoms with Gasteiger partial charge < -0.3 is 10.6 Å². The number of likely N-dealkylation sites (tertiary alicyclic amines) is 2. The Bertz CT molecular complexity index is 1540. The van der Waals surface area contributed by atoms with Crippen LogP contribution in [0.3, 0.4) is 0 Å². The molecule has 380 valence electrons. The van der Waals surface area contributed by atoms with Gasteiger partial charge >= 0.3 is 0 Å². The van der Waals surface area contributed by atoms with E-state index < -0.39 is 9.84 Å². The highest BCUT2D eigenvalue weighted by molar-refractivity contribution is 7.92. The van der Waals surface area contributed by atoms with E-state index in [0.29, 0.717) is 24.2 Å². The highest BCUT2D eigenvalue weighted by Gasteiger charge is 2.57. The number of hydrogen-bond donors (Lipinski definition) is 2. The predicted molar refractivity (Wildman–Crippen MR) is 275 cm³/mol. The van der Waals surface area contributed by atoms with Crippen LogP contribution in [0.5, 0.6) is 0 Å². The van der Waals surface area contributed by atoms with Crippen molar-refractivity contribution in [1.29, 1.82) is 0 Å². The lowest BCUT2D eigenvalue weighted by Crippen LogP contribution is -2.55. The molecule has 2 N–H and O–H groups in total. The van der Waals surface area contributed by atoms with Gasteiger partial charge in [0.1, 0.15) is 0 Å². The number of nitrogens with zero attached hydrogens (tertiary/aromatic N) is 4. The van der Waals surface area contributed by atoms with E-state index in [1.165, 1.54) is 206 Å². The molecule has 12 fully saturated rings. The molecule has 67 heavy (non-hydrogen) atoms. The maximum absolute atomic E-state index is 14.8. The Kier molecular flexibility index (Phi) is 15.1. The fraction of sp³-hybridized carbons (Fsp3) is 1.00. The lowest BCUT2D eigenvalue weighted by molar-refractivity contribution is -0.00594. The van der Waals surface area contributed by atoms with Gasteiger partial charge in [-0.05, 0) is 204 Å². The van der Waals surface area contributed by atoms with Crippen LogP contribution in [0.25, 0.3) is 0 Å². The van der Waals surface area contributed by atoms with Crippen molar-refractivity contribution in [1.82, 2.24) is 30.2 Å². The van der Waals surface area contributed by atoms with E-state index in [1.54, 1.807) is 0 Å². The van der Waals surface area contributed by atoms with E-state index >= 15 is 0 Å². The molecule has 0 bridgehead atoms. The van der Waals surface area contributed by atoms with E-state index in [2.05, 4.69) is 30.2 Å². The molecule has 9 heteroatoms. The Balaban J connectivity index is 0.674. The van der Waals surface area contributed by atoms with E-state index in [9.17, 15) is 8.42 Å². The summed E-state index contributed by atoms with van der Waals surface area (Å²) in [5, 5.41) is 7.60.